The Labute approximate surface area is 151 Å². The van der Waals surface area contributed by atoms with Gasteiger partial charge < -0.3 is 15.0 Å². The molecule has 2 atom stereocenters. The molecule has 0 radical (unpaired) electrons. The van der Waals surface area contributed by atoms with E-state index in [4.69, 9.17) is 4.74 Å². The number of piperidine rings is 1. The highest BCUT2D eigenvalue weighted by atomic mass is 35.5. The molecule has 2 aliphatic rings. The molecule has 2 aliphatic heterocycles. The van der Waals surface area contributed by atoms with Gasteiger partial charge in [-0.1, -0.05) is 13.0 Å². The van der Waals surface area contributed by atoms with Crippen molar-refractivity contribution in [3.8, 4) is 5.75 Å². The number of fused-ring (bicyclic) bond motifs is 1. The van der Waals surface area contributed by atoms with Crippen molar-refractivity contribution in [2.75, 3.05) is 19.7 Å². The highest BCUT2D eigenvalue weighted by Crippen LogP contribution is 2.27. The minimum absolute atomic E-state index is 0. The molecule has 1 saturated heterocycles. The minimum Gasteiger partial charge on any atom is -0.494 e. The Morgan fingerprint density at radius 1 is 1.38 bits per heavy atom. The summed E-state index contributed by atoms with van der Waals surface area (Å²) in [5.41, 5.74) is 2.61. The van der Waals surface area contributed by atoms with Crippen molar-refractivity contribution >= 4 is 18.3 Å². The fraction of sp³-hybridized carbons (Fsp3) is 0.632. The number of hydrogen-bond acceptors (Lipinski definition) is 3. The smallest absolute Gasteiger partial charge is 0.226 e. The normalized spacial score (nSPS) is 23.2. The molecule has 24 heavy (non-hydrogen) atoms. The van der Waals surface area contributed by atoms with Gasteiger partial charge >= 0.3 is 0 Å². The topological polar surface area (TPSA) is 41.6 Å². The number of nitrogens with one attached hydrogen (secondary N) is 1. The standard InChI is InChI=1S/C19H28N2O2.ClH/c1-3-10-23-18-5-4-17-13-21(9-7-15(17)12-18)19(22)16-6-8-20-14(2)11-16;/h4-5,12,14,16,20H,3,6-11,13H2,1-2H3;1H/t14-,16-;/m0./s1. The SMILES string of the molecule is CCCOc1ccc2c(c1)CCN(C(=O)[C@H]1CCN[C@@H](C)C1)C2.Cl. The molecular weight excluding hydrogens is 324 g/mol. The molecule has 134 valence electrons. The summed E-state index contributed by atoms with van der Waals surface area (Å²) >= 11 is 0. The van der Waals surface area contributed by atoms with Crippen molar-refractivity contribution in [3.05, 3.63) is 29.3 Å². The Bertz CT molecular complexity index is 564. The van der Waals surface area contributed by atoms with Gasteiger partial charge in [-0.2, -0.15) is 0 Å². The Kier molecular flexibility index (Phi) is 6.93. The zero-order valence-corrected chi connectivity index (χ0v) is 15.5. The molecular formula is C19H29ClN2O2. The second-order valence-corrected chi connectivity index (χ2v) is 6.87. The molecule has 5 heteroatoms. The predicted octanol–water partition coefficient (Wildman–Crippen LogP) is 3.17. The first-order chi connectivity index (χ1) is 11.2. The molecule has 0 unspecified atom stereocenters. The maximum atomic E-state index is 12.8. The van der Waals surface area contributed by atoms with Crippen molar-refractivity contribution < 1.29 is 9.53 Å². The lowest BCUT2D eigenvalue weighted by Crippen LogP contribution is -2.45. The summed E-state index contributed by atoms with van der Waals surface area (Å²) in [6.07, 6.45) is 3.89. The van der Waals surface area contributed by atoms with Gasteiger partial charge in [0.05, 0.1) is 6.61 Å². The third kappa shape index (κ3) is 4.42. The fourth-order valence-electron chi connectivity index (χ4n) is 3.64. The van der Waals surface area contributed by atoms with Crippen LogP contribution in [0.4, 0.5) is 0 Å². The average molecular weight is 353 g/mol. The maximum absolute atomic E-state index is 12.8. The van der Waals surface area contributed by atoms with Gasteiger partial charge in [-0.3, -0.25) is 4.79 Å². The largest absolute Gasteiger partial charge is 0.494 e. The molecule has 1 aromatic carbocycles. The predicted molar refractivity (Wildman–Crippen MR) is 98.8 cm³/mol. The van der Waals surface area contributed by atoms with Crippen LogP contribution in [-0.2, 0) is 17.8 Å². The minimum atomic E-state index is 0. The van der Waals surface area contributed by atoms with E-state index in [2.05, 4.69) is 36.2 Å². The molecule has 3 rings (SSSR count). The third-order valence-corrected chi connectivity index (χ3v) is 4.95. The van der Waals surface area contributed by atoms with E-state index in [-0.39, 0.29) is 18.3 Å². The van der Waals surface area contributed by atoms with Crippen LogP contribution in [0.25, 0.3) is 0 Å². The third-order valence-electron chi connectivity index (χ3n) is 4.95. The van der Waals surface area contributed by atoms with Crippen molar-refractivity contribution in [2.45, 2.75) is 52.1 Å². The highest BCUT2D eigenvalue weighted by molar-refractivity contribution is 5.85. The molecule has 4 nitrogen and oxygen atoms in total. The molecule has 0 aromatic heterocycles. The molecule has 1 fully saturated rings. The van der Waals surface area contributed by atoms with Gasteiger partial charge in [-0.15, -0.1) is 12.4 Å². The second-order valence-electron chi connectivity index (χ2n) is 6.87. The summed E-state index contributed by atoms with van der Waals surface area (Å²) in [7, 11) is 0. The molecule has 2 heterocycles. The van der Waals surface area contributed by atoms with Crippen LogP contribution < -0.4 is 10.1 Å². The number of carbonyl (C=O) groups excluding carboxylic acids is 1. The summed E-state index contributed by atoms with van der Waals surface area (Å²) in [5, 5.41) is 3.42. The first-order valence-electron chi connectivity index (χ1n) is 8.94. The Balaban J connectivity index is 0.00000208. The number of hydrogen-bond donors (Lipinski definition) is 1. The molecule has 0 spiro atoms. The number of nitrogens with zero attached hydrogens (tertiary/aromatic N) is 1. The molecule has 0 aliphatic carbocycles. The maximum Gasteiger partial charge on any atom is 0.226 e. The lowest BCUT2D eigenvalue weighted by molar-refractivity contribution is -0.137. The monoisotopic (exact) mass is 352 g/mol. The van der Waals surface area contributed by atoms with Gasteiger partial charge in [0.15, 0.2) is 0 Å². The summed E-state index contributed by atoms with van der Waals surface area (Å²) < 4.78 is 5.72. The average Bonchev–Trinajstić information content (AvgIpc) is 2.58. The van der Waals surface area contributed by atoms with Gasteiger partial charge in [0.25, 0.3) is 0 Å². The van der Waals surface area contributed by atoms with E-state index in [0.29, 0.717) is 11.9 Å². The molecule has 1 aromatic rings. The summed E-state index contributed by atoms with van der Waals surface area (Å²) in [5.74, 6) is 1.49. The Morgan fingerprint density at radius 3 is 2.96 bits per heavy atom. The van der Waals surface area contributed by atoms with Gasteiger partial charge in [0, 0.05) is 25.0 Å². The number of rotatable bonds is 4. The zero-order chi connectivity index (χ0) is 16.2. The van der Waals surface area contributed by atoms with E-state index >= 15 is 0 Å². The van der Waals surface area contributed by atoms with E-state index < -0.39 is 0 Å². The van der Waals surface area contributed by atoms with Crippen LogP contribution in [0.15, 0.2) is 18.2 Å². The summed E-state index contributed by atoms with van der Waals surface area (Å²) in [6, 6.07) is 6.77. The van der Waals surface area contributed by atoms with Crippen LogP contribution in [-0.4, -0.2) is 36.5 Å². The summed E-state index contributed by atoms with van der Waals surface area (Å²) in [4.78, 5) is 14.8. The van der Waals surface area contributed by atoms with Gasteiger partial charge in [0.2, 0.25) is 5.91 Å². The lowest BCUT2D eigenvalue weighted by Gasteiger charge is -2.35. The fourth-order valence-corrected chi connectivity index (χ4v) is 3.64. The lowest BCUT2D eigenvalue weighted by atomic mass is 9.90. The van der Waals surface area contributed by atoms with Crippen molar-refractivity contribution in [1.82, 2.24) is 10.2 Å². The number of amides is 1. The van der Waals surface area contributed by atoms with Gasteiger partial charge in [0.1, 0.15) is 5.75 Å². The first-order valence-corrected chi connectivity index (χ1v) is 8.94. The number of halogens is 1. The second kappa shape index (κ2) is 8.72. The van der Waals surface area contributed by atoms with Crippen LogP contribution in [0.1, 0.15) is 44.2 Å². The molecule has 0 saturated carbocycles. The van der Waals surface area contributed by atoms with Gasteiger partial charge in [-0.05, 0) is 62.4 Å². The first kappa shape index (κ1) is 19.1. The van der Waals surface area contributed by atoms with E-state index in [9.17, 15) is 4.79 Å². The van der Waals surface area contributed by atoms with Crippen LogP contribution in [0.2, 0.25) is 0 Å². The number of ether oxygens (including phenoxy) is 1. The van der Waals surface area contributed by atoms with E-state index in [1.54, 1.807) is 0 Å². The van der Waals surface area contributed by atoms with Crippen LogP contribution in [0, 0.1) is 5.92 Å². The summed E-state index contributed by atoms with van der Waals surface area (Å²) in [6.45, 7) is 7.59. The van der Waals surface area contributed by atoms with Crippen molar-refractivity contribution in [1.29, 1.82) is 0 Å². The van der Waals surface area contributed by atoms with Gasteiger partial charge in [-0.25, -0.2) is 0 Å². The molecule has 1 amide bonds. The van der Waals surface area contributed by atoms with E-state index in [1.165, 1.54) is 11.1 Å². The number of benzene rings is 1. The van der Waals surface area contributed by atoms with E-state index in [0.717, 1.165) is 57.7 Å². The van der Waals surface area contributed by atoms with E-state index in [1.807, 2.05) is 6.07 Å². The van der Waals surface area contributed by atoms with Crippen LogP contribution in [0.3, 0.4) is 0 Å². The van der Waals surface area contributed by atoms with Crippen molar-refractivity contribution in [3.63, 3.8) is 0 Å². The van der Waals surface area contributed by atoms with Crippen LogP contribution in [0.5, 0.6) is 5.75 Å². The van der Waals surface area contributed by atoms with Crippen LogP contribution >= 0.6 is 12.4 Å². The number of carbonyl (C=O) groups is 1. The zero-order valence-electron chi connectivity index (χ0n) is 14.7. The highest BCUT2D eigenvalue weighted by Gasteiger charge is 2.30. The Hall–Kier alpha value is -1.26. The molecule has 1 N–H and O–H groups in total. The quantitative estimate of drug-likeness (QED) is 0.905. The van der Waals surface area contributed by atoms with Crippen molar-refractivity contribution in [2.24, 2.45) is 5.92 Å². The Morgan fingerprint density at radius 2 is 2.21 bits per heavy atom. The molecule has 0 bridgehead atoms.